The highest BCUT2D eigenvalue weighted by Crippen LogP contribution is 2.36. The average Bonchev–Trinajstić information content (AvgIpc) is 3.07. The van der Waals surface area contributed by atoms with Crippen LogP contribution in [-0.2, 0) is 11.4 Å². The van der Waals surface area contributed by atoms with Crippen molar-refractivity contribution in [2.45, 2.75) is 6.61 Å². The van der Waals surface area contributed by atoms with Gasteiger partial charge in [-0.1, -0.05) is 54.3 Å². The molecule has 3 aromatic rings. The zero-order valence-electron chi connectivity index (χ0n) is 16.6. The fourth-order valence-corrected chi connectivity index (χ4v) is 4.31. The van der Waals surface area contributed by atoms with Crippen LogP contribution < -0.4 is 14.4 Å². The maximum Gasteiger partial charge on any atom is 0.270 e. The Bertz CT molecular complexity index is 1140. The highest BCUT2D eigenvalue weighted by atomic mass is 32.2. The molecule has 1 saturated heterocycles. The third-order valence-corrected chi connectivity index (χ3v) is 5.96. The van der Waals surface area contributed by atoms with Gasteiger partial charge in [-0.15, -0.1) is 0 Å². The number of halogens is 1. The highest BCUT2D eigenvalue weighted by molar-refractivity contribution is 8.27. The van der Waals surface area contributed by atoms with Crippen molar-refractivity contribution >= 4 is 46.0 Å². The molecule has 0 aromatic heterocycles. The number of benzene rings is 3. The number of ether oxygens (including phenoxy) is 2. The van der Waals surface area contributed by atoms with Crippen LogP contribution in [0.4, 0.5) is 10.1 Å². The third kappa shape index (κ3) is 4.78. The Balaban J connectivity index is 1.45. The second kappa shape index (κ2) is 9.32. The highest BCUT2D eigenvalue weighted by Gasteiger charge is 2.33. The lowest BCUT2D eigenvalue weighted by atomic mass is 10.2. The number of thiocarbonyl (C=S) groups is 1. The van der Waals surface area contributed by atoms with Crippen LogP contribution in [0.1, 0.15) is 11.1 Å². The molecule has 0 spiro atoms. The van der Waals surface area contributed by atoms with Gasteiger partial charge >= 0.3 is 0 Å². The topological polar surface area (TPSA) is 38.8 Å². The van der Waals surface area contributed by atoms with Crippen LogP contribution in [0, 0.1) is 5.82 Å². The summed E-state index contributed by atoms with van der Waals surface area (Å²) in [6, 6.07) is 21.0. The molecule has 156 valence electrons. The summed E-state index contributed by atoms with van der Waals surface area (Å²) in [7, 11) is 1.59. The molecule has 1 aliphatic rings. The van der Waals surface area contributed by atoms with Crippen LogP contribution >= 0.6 is 24.0 Å². The largest absolute Gasteiger partial charge is 0.497 e. The van der Waals surface area contributed by atoms with Gasteiger partial charge in [-0.2, -0.15) is 0 Å². The van der Waals surface area contributed by atoms with Gasteiger partial charge in [0.25, 0.3) is 5.91 Å². The smallest absolute Gasteiger partial charge is 0.270 e. The summed E-state index contributed by atoms with van der Waals surface area (Å²) in [5, 5.41) is 0. The third-order valence-electron chi connectivity index (χ3n) is 4.65. The standard InChI is InChI=1S/C24H18FNO3S2/c1-28-19-12-8-18(9-13-19)26-23(27)22(31-24(26)30)14-16-6-10-20(11-7-16)29-15-17-4-2-3-5-21(17)25/h2-14H,15H2,1H3. The molecule has 4 rings (SSSR count). The first-order chi connectivity index (χ1) is 15.0. The van der Waals surface area contributed by atoms with Crippen molar-refractivity contribution in [3.63, 3.8) is 0 Å². The van der Waals surface area contributed by atoms with Crippen molar-refractivity contribution in [3.8, 4) is 11.5 Å². The second-order valence-electron chi connectivity index (χ2n) is 6.66. The predicted molar refractivity (Wildman–Crippen MR) is 126 cm³/mol. The quantitative estimate of drug-likeness (QED) is 0.349. The van der Waals surface area contributed by atoms with E-state index < -0.39 is 0 Å². The van der Waals surface area contributed by atoms with Gasteiger partial charge in [-0.05, 0) is 54.1 Å². The van der Waals surface area contributed by atoms with Crippen LogP contribution in [0.25, 0.3) is 6.08 Å². The zero-order chi connectivity index (χ0) is 21.8. The summed E-state index contributed by atoms with van der Waals surface area (Å²) in [6.45, 7) is 0.145. The van der Waals surface area contributed by atoms with E-state index in [0.29, 0.717) is 32.0 Å². The number of rotatable bonds is 6. The Morgan fingerprint density at radius 1 is 1.00 bits per heavy atom. The molecule has 0 radical (unpaired) electrons. The number of hydrogen-bond acceptors (Lipinski definition) is 5. The van der Waals surface area contributed by atoms with E-state index >= 15 is 0 Å². The van der Waals surface area contributed by atoms with E-state index in [0.717, 1.165) is 5.56 Å². The lowest BCUT2D eigenvalue weighted by Crippen LogP contribution is -2.27. The van der Waals surface area contributed by atoms with Crippen LogP contribution in [0.15, 0.2) is 77.7 Å². The summed E-state index contributed by atoms with van der Waals surface area (Å²) in [5.41, 5.74) is 2.03. The molecule has 0 bridgehead atoms. The van der Waals surface area contributed by atoms with Gasteiger partial charge < -0.3 is 9.47 Å². The Morgan fingerprint density at radius 2 is 1.68 bits per heavy atom. The first-order valence-corrected chi connectivity index (χ1v) is 10.7. The minimum atomic E-state index is -0.294. The number of thioether (sulfide) groups is 1. The minimum absolute atomic E-state index is 0.145. The molecule has 0 aliphatic carbocycles. The van der Waals surface area contributed by atoms with Crippen LogP contribution in [-0.4, -0.2) is 17.3 Å². The molecular formula is C24H18FNO3S2. The molecule has 0 unspecified atom stereocenters. The van der Waals surface area contributed by atoms with Crippen molar-refractivity contribution in [2.24, 2.45) is 0 Å². The fourth-order valence-electron chi connectivity index (χ4n) is 3.01. The van der Waals surface area contributed by atoms with Crippen molar-refractivity contribution in [3.05, 3.63) is 94.6 Å². The number of carbonyl (C=O) groups excluding carboxylic acids is 1. The Kier molecular flexibility index (Phi) is 6.34. The van der Waals surface area contributed by atoms with Crippen LogP contribution in [0.3, 0.4) is 0 Å². The molecule has 3 aromatic carbocycles. The van der Waals surface area contributed by atoms with E-state index in [2.05, 4.69) is 0 Å². The van der Waals surface area contributed by atoms with E-state index in [1.165, 1.54) is 22.7 Å². The molecule has 0 atom stereocenters. The molecule has 31 heavy (non-hydrogen) atoms. The fraction of sp³-hybridized carbons (Fsp3) is 0.0833. The van der Waals surface area contributed by atoms with Crippen LogP contribution in [0.2, 0.25) is 0 Å². The second-order valence-corrected chi connectivity index (χ2v) is 8.34. The van der Waals surface area contributed by atoms with E-state index in [4.69, 9.17) is 21.7 Å². The predicted octanol–water partition coefficient (Wildman–Crippen LogP) is 5.82. The summed E-state index contributed by atoms with van der Waals surface area (Å²) in [6.07, 6.45) is 1.80. The van der Waals surface area contributed by atoms with Crippen molar-refractivity contribution in [1.29, 1.82) is 0 Å². The summed E-state index contributed by atoms with van der Waals surface area (Å²) in [5.74, 6) is 0.867. The SMILES string of the molecule is COc1ccc(N2C(=O)C(=Cc3ccc(OCc4ccccc4F)cc3)SC2=S)cc1. The number of anilines is 1. The molecule has 1 amide bonds. The summed E-state index contributed by atoms with van der Waals surface area (Å²) >= 11 is 6.67. The molecular weight excluding hydrogens is 433 g/mol. The number of amides is 1. The van der Waals surface area contributed by atoms with Gasteiger partial charge in [0.05, 0.1) is 17.7 Å². The van der Waals surface area contributed by atoms with Gasteiger partial charge in [-0.3, -0.25) is 9.69 Å². The Hall–Kier alpha value is -3.16. The van der Waals surface area contributed by atoms with E-state index in [9.17, 15) is 9.18 Å². The van der Waals surface area contributed by atoms with Gasteiger partial charge in [0, 0.05) is 5.56 Å². The van der Waals surface area contributed by atoms with Crippen molar-refractivity contribution in [2.75, 3.05) is 12.0 Å². The first-order valence-electron chi connectivity index (χ1n) is 9.43. The molecule has 0 N–H and O–H groups in total. The molecule has 7 heteroatoms. The zero-order valence-corrected chi connectivity index (χ0v) is 18.2. The molecule has 1 fully saturated rings. The van der Waals surface area contributed by atoms with Gasteiger partial charge in [0.15, 0.2) is 4.32 Å². The van der Waals surface area contributed by atoms with Gasteiger partial charge in [0.1, 0.15) is 23.9 Å². The number of carbonyl (C=O) groups is 1. The van der Waals surface area contributed by atoms with Crippen molar-refractivity contribution in [1.82, 2.24) is 0 Å². The number of methoxy groups -OCH3 is 1. The van der Waals surface area contributed by atoms with Crippen molar-refractivity contribution < 1.29 is 18.7 Å². The lowest BCUT2D eigenvalue weighted by molar-refractivity contribution is -0.113. The summed E-state index contributed by atoms with van der Waals surface area (Å²) in [4.78, 5) is 14.9. The molecule has 1 heterocycles. The van der Waals surface area contributed by atoms with Gasteiger partial charge in [0.2, 0.25) is 0 Å². The number of nitrogens with zero attached hydrogens (tertiary/aromatic N) is 1. The van der Waals surface area contributed by atoms with Crippen LogP contribution in [0.5, 0.6) is 11.5 Å². The maximum atomic E-state index is 13.7. The monoisotopic (exact) mass is 451 g/mol. The number of hydrogen-bond donors (Lipinski definition) is 0. The minimum Gasteiger partial charge on any atom is -0.497 e. The van der Waals surface area contributed by atoms with E-state index in [1.807, 2.05) is 12.1 Å². The maximum absolute atomic E-state index is 13.7. The normalized spacial score (nSPS) is 14.9. The lowest BCUT2D eigenvalue weighted by Gasteiger charge is -2.14. The molecule has 0 saturated carbocycles. The molecule has 1 aliphatic heterocycles. The van der Waals surface area contributed by atoms with E-state index in [-0.39, 0.29) is 18.3 Å². The average molecular weight is 452 g/mol. The molecule has 4 nitrogen and oxygen atoms in total. The Morgan fingerprint density at radius 3 is 2.35 bits per heavy atom. The van der Waals surface area contributed by atoms with Gasteiger partial charge in [-0.25, -0.2) is 4.39 Å². The Labute approximate surface area is 189 Å². The summed E-state index contributed by atoms with van der Waals surface area (Å²) < 4.78 is 25.0. The van der Waals surface area contributed by atoms with E-state index in [1.54, 1.807) is 67.8 Å². The first kappa shape index (κ1) is 21.1.